The molecule has 0 aliphatic carbocycles. The van der Waals surface area contributed by atoms with Crippen LogP contribution < -0.4 is 9.64 Å². The lowest BCUT2D eigenvalue weighted by atomic mass is 10.1. The Morgan fingerprint density at radius 2 is 1.85 bits per heavy atom. The van der Waals surface area contributed by atoms with E-state index in [0.29, 0.717) is 18.7 Å². The molecule has 2 saturated heterocycles. The van der Waals surface area contributed by atoms with E-state index in [9.17, 15) is 9.18 Å². The van der Waals surface area contributed by atoms with E-state index in [1.54, 1.807) is 7.11 Å². The molecule has 2 aromatic rings. The molecule has 136 valence electrons. The van der Waals surface area contributed by atoms with E-state index >= 15 is 0 Å². The first-order valence-electron chi connectivity index (χ1n) is 8.74. The lowest BCUT2D eigenvalue weighted by Crippen LogP contribution is -2.55. The first-order valence-corrected chi connectivity index (χ1v) is 9.12. The Labute approximate surface area is 157 Å². The van der Waals surface area contributed by atoms with Crippen LogP contribution in [0.1, 0.15) is 23.2 Å². The summed E-state index contributed by atoms with van der Waals surface area (Å²) in [4.78, 5) is 17.1. The number of fused-ring (bicyclic) bond motifs is 2. The lowest BCUT2D eigenvalue weighted by Gasteiger charge is -2.43. The zero-order valence-electron chi connectivity index (χ0n) is 14.5. The van der Waals surface area contributed by atoms with Crippen molar-refractivity contribution in [1.29, 1.82) is 0 Å². The second-order valence-electron chi connectivity index (χ2n) is 6.80. The number of amides is 1. The molecule has 2 atom stereocenters. The van der Waals surface area contributed by atoms with E-state index in [1.807, 2.05) is 23.1 Å². The lowest BCUT2D eigenvalue weighted by molar-refractivity contribution is 0.0718. The Kier molecular flexibility index (Phi) is 4.49. The summed E-state index contributed by atoms with van der Waals surface area (Å²) >= 11 is 6.08. The smallest absolute Gasteiger partial charge is 0.255 e. The van der Waals surface area contributed by atoms with Gasteiger partial charge in [0.1, 0.15) is 11.6 Å². The largest absolute Gasteiger partial charge is 0.495 e. The number of rotatable bonds is 3. The van der Waals surface area contributed by atoms with Crippen LogP contribution in [-0.2, 0) is 0 Å². The van der Waals surface area contributed by atoms with Gasteiger partial charge < -0.3 is 14.5 Å². The Morgan fingerprint density at radius 1 is 1.15 bits per heavy atom. The van der Waals surface area contributed by atoms with Gasteiger partial charge in [-0.2, -0.15) is 0 Å². The fourth-order valence-corrected chi connectivity index (χ4v) is 4.39. The van der Waals surface area contributed by atoms with Gasteiger partial charge in [-0.15, -0.1) is 0 Å². The molecule has 2 aliphatic rings. The van der Waals surface area contributed by atoms with E-state index in [0.717, 1.165) is 24.3 Å². The number of methoxy groups -OCH3 is 1. The third kappa shape index (κ3) is 2.90. The SMILES string of the molecule is COc1ccccc1N1C2CCC1CN(C(=O)c1ccc(F)cc1Cl)C2. The number of halogens is 2. The molecule has 4 nitrogen and oxygen atoms in total. The van der Waals surface area contributed by atoms with Crippen LogP contribution in [0.3, 0.4) is 0 Å². The normalized spacial score (nSPS) is 21.8. The number of likely N-dealkylation sites (tertiary alicyclic amines) is 1. The summed E-state index contributed by atoms with van der Waals surface area (Å²) in [6.07, 6.45) is 2.06. The average molecular weight is 375 g/mol. The second-order valence-corrected chi connectivity index (χ2v) is 7.21. The van der Waals surface area contributed by atoms with Crippen molar-refractivity contribution in [2.75, 3.05) is 25.1 Å². The van der Waals surface area contributed by atoms with Gasteiger partial charge in [0.15, 0.2) is 0 Å². The fourth-order valence-electron chi connectivity index (χ4n) is 4.14. The second kappa shape index (κ2) is 6.80. The zero-order chi connectivity index (χ0) is 18.3. The summed E-state index contributed by atoms with van der Waals surface area (Å²) in [5.41, 5.74) is 1.44. The van der Waals surface area contributed by atoms with Gasteiger partial charge in [-0.05, 0) is 43.2 Å². The first-order chi connectivity index (χ1) is 12.6. The van der Waals surface area contributed by atoms with Crippen molar-refractivity contribution in [2.45, 2.75) is 24.9 Å². The van der Waals surface area contributed by atoms with Gasteiger partial charge in [-0.3, -0.25) is 4.79 Å². The summed E-state index contributed by atoms with van der Waals surface area (Å²) in [6, 6.07) is 12.4. The number of carbonyl (C=O) groups is 1. The van der Waals surface area contributed by atoms with Crippen LogP contribution in [0.2, 0.25) is 5.02 Å². The highest BCUT2D eigenvalue weighted by Gasteiger charge is 2.42. The summed E-state index contributed by atoms with van der Waals surface area (Å²) < 4.78 is 18.8. The van der Waals surface area contributed by atoms with Crippen LogP contribution in [0.4, 0.5) is 10.1 Å². The third-order valence-electron chi connectivity index (χ3n) is 5.29. The van der Waals surface area contributed by atoms with Crippen LogP contribution in [-0.4, -0.2) is 43.1 Å². The molecular weight excluding hydrogens is 355 g/mol. The minimum absolute atomic E-state index is 0.133. The van der Waals surface area contributed by atoms with Gasteiger partial charge in [-0.1, -0.05) is 23.7 Å². The molecule has 2 heterocycles. The Hall–Kier alpha value is -2.27. The van der Waals surface area contributed by atoms with E-state index in [1.165, 1.54) is 18.2 Å². The molecule has 2 aliphatic heterocycles. The molecule has 0 spiro atoms. The molecule has 0 radical (unpaired) electrons. The number of hydrogen-bond acceptors (Lipinski definition) is 3. The first kappa shape index (κ1) is 17.2. The molecule has 2 unspecified atom stereocenters. The monoisotopic (exact) mass is 374 g/mol. The van der Waals surface area contributed by atoms with Crippen LogP contribution in [0.15, 0.2) is 42.5 Å². The maximum Gasteiger partial charge on any atom is 0.255 e. The van der Waals surface area contributed by atoms with Gasteiger partial charge in [0.05, 0.1) is 23.4 Å². The van der Waals surface area contributed by atoms with Gasteiger partial charge in [0.2, 0.25) is 0 Å². The maximum atomic E-state index is 13.3. The summed E-state index contributed by atoms with van der Waals surface area (Å²) in [6.45, 7) is 1.25. The van der Waals surface area contributed by atoms with Crippen LogP contribution in [0, 0.1) is 5.82 Å². The summed E-state index contributed by atoms with van der Waals surface area (Å²) in [7, 11) is 1.68. The van der Waals surface area contributed by atoms with Crippen LogP contribution in [0.25, 0.3) is 0 Å². The number of nitrogens with zero attached hydrogens (tertiary/aromatic N) is 2. The van der Waals surface area contributed by atoms with Gasteiger partial charge in [-0.25, -0.2) is 4.39 Å². The molecule has 2 aromatic carbocycles. The summed E-state index contributed by atoms with van der Waals surface area (Å²) in [5, 5.41) is 0.162. The molecule has 6 heteroatoms. The van der Waals surface area contributed by atoms with Crippen molar-refractivity contribution < 1.29 is 13.9 Å². The number of anilines is 1. The van der Waals surface area contributed by atoms with Crippen molar-refractivity contribution in [1.82, 2.24) is 4.90 Å². The van der Waals surface area contributed by atoms with E-state index in [4.69, 9.17) is 16.3 Å². The molecular formula is C20H20ClFN2O2. The number of carbonyl (C=O) groups excluding carboxylic acids is 1. The van der Waals surface area contributed by atoms with Crippen molar-refractivity contribution in [2.24, 2.45) is 0 Å². The fraction of sp³-hybridized carbons (Fsp3) is 0.350. The molecule has 0 N–H and O–H groups in total. The van der Waals surface area contributed by atoms with Crippen molar-refractivity contribution in [3.05, 3.63) is 58.9 Å². The molecule has 2 bridgehead atoms. The minimum atomic E-state index is -0.437. The molecule has 4 rings (SSSR count). The van der Waals surface area contributed by atoms with Crippen molar-refractivity contribution >= 4 is 23.2 Å². The van der Waals surface area contributed by atoms with Gasteiger partial charge >= 0.3 is 0 Å². The van der Waals surface area contributed by atoms with Gasteiger partial charge in [0, 0.05) is 25.2 Å². The quantitative estimate of drug-likeness (QED) is 0.814. The Balaban J connectivity index is 1.57. The van der Waals surface area contributed by atoms with Gasteiger partial charge in [0.25, 0.3) is 5.91 Å². The van der Waals surface area contributed by atoms with Crippen molar-refractivity contribution in [3.63, 3.8) is 0 Å². The molecule has 1 amide bonds. The number of ether oxygens (including phenoxy) is 1. The highest BCUT2D eigenvalue weighted by atomic mass is 35.5. The predicted molar refractivity (Wildman–Crippen MR) is 99.6 cm³/mol. The standard InChI is InChI=1S/C20H20ClFN2O2/c1-26-19-5-3-2-4-18(19)24-14-7-8-15(24)12-23(11-14)20(25)16-9-6-13(22)10-17(16)21/h2-6,9-10,14-15H,7-8,11-12H2,1H3. The molecule has 0 aromatic heterocycles. The van der Waals surface area contributed by atoms with E-state index in [-0.39, 0.29) is 23.0 Å². The molecule has 0 saturated carbocycles. The molecule has 26 heavy (non-hydrogen) atoms. The van der Waals surface area contributed by atoms with Crippen LogP contribution >= 0.6 is 11.6 Å². The Bertz CT molecular complexity index is 830. The zero-order valence-corrected chi connectivity index (χ0v) is 15.2. The third-order valence-corrected chi connectivity index (χ3v) is 5.61. The Morgan fingerprint density at radius 3 is 2.50 bits per heavy atom. The predicted octanol–water partition coefficient (Wildman–Crippen LogP) is 3.98. The number of piperazine rings is 1. The number of benzene rings is 2. The minimum Gasteiger partial charge on any atom is -0.495 e. The average Bonchev–Trinajstić information content (AvgIpc) is 2.90. The van der Waals surface area contributed by atoms with Crippen molar-refractivity contribution in [3.8, 4) is 5.75 Å². The number of hydrogen-bond donors (Lipinski definition) is 0. The summed E-state index contributed by atoms with van der Waals surface area (Å²) in [5.74, 6) is 0.282. The number of para-hydroxylation sites is 2. The molecule has 2 fully saturated rings. The van der Waals surface area contributed by atoms with E-state index in [2.05, 4.69) is 11.0 Å². The topological polar surface area (TPSA) is 32.8 Å². The highest BCUT2D eigenvalue weighted by molar-refractivity contribution is 6.33. The maximum absolute atomic E-state index is 13.3. The van der Waals surface area contributed by atoms with Crippen LogP contribution in [0.5, 0.6) is 5.75 Å². The van der Waals surface area contributed by atoms with E-state index < -0.39 is 5.82 Å². The highest BCUT2D eigenvalue weighted by Crippen LogP contribution is 2.39.